The monoisotopic (exact) mass is 353 g/mol. The van der Waals surface area contributed by atoms with Gasteiger partial charge in [-0.1, -0.05) is 12.1 Å². The molecule has 0 unspecified atom stereocenters. The molecule has 2 aromatic carbocycles. The molecular weight excluding hydrogens is 322 g/mol. The molecule has 26 heavy (non-hydrogen) atoms. The molecular formula is C22H31N3O. The number of nitrogens with one attached hydrogen (secondary N) is 2. The number of nitrogens with zero attached hydrogens (tertiary/aromatic N) is 1. The number of aryl methyl sites for hydroxylation is 3. The first kappa shape index (κ1) is 19.8. The molecule has 0 saturated carbocycles. The van der Waals surface area contributed by atoms with Gasteiger partial charge in [0.05, 0.1) is 0 Å². The van der Waals surface area contributed by atoms with Crippen LogP contribution in [-0.2, 0) is 4.79 Å². The molecule has 1 amide bonds. The molecule has 0 heterocycles. The van der Waals surface area contributed by atoms with Gasteiger partial charge < -0.3 is 15.5 Å². The van der Waals surface area contributed by atoms with Gasteiger partial charge in [0.1, 0.15) is 0 Å². The van der Waals surface area contributed by atoms with Crippen molar-refractivity contribution in [2.45, 2.75) is 41.0 Å². The Balaban J connectivity index is 1.89. The van der Waals surface area contributed by atoms with Crippen LogP contribution in [0.3, 0.4) is 0 Å². The summed E-state index contributed by atoms with van der Waals surface area (Å²) >= 11 is 0. The van der Waals surface area contributed by atoms with Crippen molar-refractivity contribution in [1.29, 1.82) is 0 Å². The predicted molar refractivity (Wildman–Crippen MR) is 112 cm³/mol. The van der Waals surface area contributed by atoms with Crippen LogP contribution in [0.25, 0.3) is 0 Å². The van der Waals surface area contributed by atoms with Crippen LogP contribution in [0.2, 0.25) is 0 Å². The van der Waals surface area contributed by atoms with Gasteiger partial charge in [0.2, 0.25) is 5.91 Å². The fraction of sp³-hybridized carbons (Fsp3) is 0.409. The van der Waals surface area contributed by atoms with Crippen LogP contribution >= 0.6 is 0 Å². The standard InChI is InChI=1S/C22H31N3O/c1-6-25(7-2)19-10-11-20(18(5)15-19)23-13-12-22(26)24-21-14-16(3)8-9-17(21)4/h8-11,14-15,23H,6-7,12-13H2,1-5H3,(H,24,26). The lowest BCUT2D eigenvalue weighted by molar-refractivity contribution is -0.115. The quantitative estimate of drug-likeness (QED) is 0.709. The third kappa shape index (κ3) is 5.25. The van der Waals surface area contributed by atoms with Crippen molar-refractivity contribution in [2.24, 2.45) is 0 Å². The summed E-state index contributed by atoms with van der Waals surface area (Å²) < 4.78 is 0. The second-order valence-electron chi connectivity index (χ2n) is 6.71. The topological polar surface area (TPSA) is 44.4 Å². The van der Waals surface area contributed by atoms with E-state index in [9.17, 15) is 4.79 Å². The molecule has 0 radical (unpaired) electrons. The maximum absolute atomic E-state index is 12.2. The molecule has 140 valence electrons. The van der Waals surface area contributed by atoms with Gasteiger partial charge in [-0.15, -0.1) is 0 Å². The fourth-order valence-corrected chi connectivity index (χ4v) is 3.03. The zero-order valence-electron chi connectivity index (χ0n) is 16.6. The van der Waals surface area contributed by atoms with Gasteiger partial charge in [0.15, 0.2) is 0 Å². The lowest BCUT2D eigenvalue weighted by Crippen LogP contribution is -2.22. The zero-order valence-corrected chi connectivity index (χ0v) is 16.6. The Morgan fingerprint density at radius 2 is 1.65 bits per heavy atom. The molecule has 0 aliphatic heterocycles. The molecule has 4 heteroatoms. The minimum atomic E-state index is 0.0311. The van der Waals surface area contributed by atoms with Crippen LogP contribution in [-0.4, -0.2) is 25.5 Å². The Hall–Kier alpha value is -2.49. The average Bonchev–Trinajstić information content (AvgIpc) is 2.61. The maximum Gasteiger partial charge on any atom is 0.226 e. The number of hydrogen-bond donors (Lipinski definition) is 2. The molecule has 0 aliphatic rings. The molecule has 0 bridgehead atoms. The summed E-state index contributed by atoms with van der Waals surface area (Å²) in [4.78, 5) is 14.5. The molecule has 0 aromatic heterocycles. The summed E-state index contributed by atoms with van der Waals surface area (Å²) in [6.07, 6.45) is 0.435. The van der Waals surface area contributed by atoms with Crippen molar-refractivity contribution in [3.8, 4) is 0 Å². The van der Waals surface area contributed by atoms with E-state index in [2.05, 4.69) is 60.6 Å². The molecule has 2 aromatic rings. The molecule has 0 fully saturated rings. The Morgan fingerprint density at radius 3 is 2.31 bits per heavy atom. The van der Waals surface area contributed by atoms with E-state index in [-0.39, 0.29) is 5.91 Å². The third-order valence-corrected chi connectivity index (χ3v) is 4.67. The molecule has 0 atom stereocenters. The van der Waals surface area contributed by atoms with Crippen LogP contribution in [0, 0.1) is 20.8 Å². The number of rotatable bonds is 8. The molecule has 4 nitrogen and oxygen atoms in total. The maximum atomic E-state index is 12.2. The van der Waals surface area contributed by atoms with Crippen molar-refractivity contribution in [2.75, 3.05) is 35.2 Å². The summed E-state index contributed by atoms with van der Waals surface area (Å²) in [6.45, 7) is 13.1. The van der Waals surface area contributed by atoms with E-state index in [1.165, 1.54) is 11.3 Å². The summed E-state index contributed by atoms with van der Waals surface area (Å²) in [5, 5.41) is 6.38. The second-order valence-corrected chi connectivity index (χ2v) is 6.71. The van der Waals surface area contributed by atoms with E-state index >= 15 is 0 Å². The summed E-state index contributed by atoms with van der Waals surface area (Å²) in [6, 6.07) is 12.5. The zero-order chi connectivity index (χ0) is 19.1. The van der Waals surface area contributed by atoms with E-state index in [1.54, 1.807) is 0 Å². The molecule has 0 saturated heterocycles. The number of amides is 1. The molecule has 0 aliphatic carbocycles. The first-order valence-corrected chi connectivity index (χ1v) is 9.41. The van der Waals surface area contributed by atoms with Crippen LogP contribution in [0.4, 0.5) is 17.1 Å². The van der Waals surface area contributed by atoms with Gasteiger partial charge >= 0.3 is 0 Å². The van der Waals surface area contributed by atoms with Gasteiger partial charge in [0.25, 0.3) is 0 Å². The number of hydrogen-bond acceptors (Lipinski definition) is 3. The van der Waals surface area contributed by atoms with E-state index in [1.807, 2.05) is 26.0 Å². The van der Waals surface area contributed by atoms with Crippen molar-refractivity contribution >= 4 is 23.0 Å². The van der Waals surface area contributed by atoms with Gasteiger partial charge in [-0.25, -0.2) is 0 Å². The highest BCUT2D eigenvalue weighted by molar-refractivity contribution is 5.91. The molecule has 2 rings (SSSR count). The lowest BCUT2D eigenvalue weighted by Gasteiger charge is -2.22. The minimum absolute atomic E-state index is 0.0311. The van der Waals surface area contributed by atoms with Crippen LogP contribution < -0.4 is 15.5 Å². The predicted octanol–water partition coefficient (Wildman–Crippen LogP) is 4.90. The highest BCUT2D eigenvalue weighted by atomic mass is 16.1. The van der Waals surface area contributed by atoms with Crippen molar-refractivity contribution in [1.82, 2.24) is 0 Å². The molecule has 0 spiro atoms. The fourth-order valence-electron chi connectivity index (χ4n) is 3.03. The number of carbonyl (C=O) groups excluding carboxylic acids is 1. The largest absolute Gasteiger partial charge is 0.384 e. The van der Waals surface area contributed by atoms with Gasteiger partial charge in [-0.3, -0.25) is 4.79 Å². The first-order chi connectivity index (χ1) is 12.4. The molecule has 2 N–H and O–H groups in total. The Morgan fingerprint density at radius 1 is 0.923 bits per heavy atom. The smallest absolute Gasteiger partial charge is 0.226 e. The van der Waals surface area contributed by atoms with E-state index in [0.717, 1.165) is 35.6 Å². The number of benzene rings is 2. The second kappa shape index (κ2) is 9.27. The minimum Gasteiger partial charge on any atom is -0.384 e. The normalized spacial score (nSPS) is 10.5. The first-order valence-electron chi connectivity index (χ1n) is 9.41. The van der Waals surface area contributed by atoms with E-state index in [0.29, 0.717) is 13.0 Å². The highest BCUT2D eigenvalue weighted by Gasteiger charge is 2.07. The summed E-state index contributed by atoms with van der Waals surface area (Å²) in [5.74, 6) is 0.0311. The van der Waals surface area contributed by atoms with Crippen LogP contribution in [0.5, 0.6) is 0 Å². The van der Waals surface area contributed by atoms with Crippen molar-refractivity contribution in [3.63, 3.8) is 0 Å². The lowest BCUT2D eigenvalue weighted by atomic mass is 10.1. The van der Waals surface area contributed by atoms with Gasteiger partial charge in [0, 0.05) is 43.1 Å². The van der Waals surface area contributed by atoms with Crippen LogP contribution in [0.1, 0.15) is 37.0 Å². The Kier molecular flexibility index (Phi) is 7.07. The van der Waals surface area contributed by atoms with Crippen molar-refractivity contribution in [3.05, 3.63) is 53.1 Å². The number of anilines is 3. The summed E-state index contributed by atoms with van der Waals surface area (Å²) in [7, 11) is 0. The van der Waals surface area contributed by atoms with Crippen molar-refractivity contribution < 1.29 is 4.79 Å². The Labute approximate surface area is 157 Å². The SMILES string of the molecule is CCN(CC)c1ccc(NCCC(=O)Nc2cc(C)ccc2C)c(C)c1. The van der Waals surface area contributed by atoms with E-state index in [4.69, 9.17) is 0 Å². The Bertz CT molecular complexity index is 751. The third-order valence-electron chi connectivity index (χ3n) is 4.67. The van der Waals surface area contributed by atoms with Crippen LogP contribution in [0.15, 0.2) is 36.4 Å². The average molecular weight is 354 g/mol. The highest BCUT2D eigenvalue weighted by Crippen LogP contribution is 2.22. The van der Waals surface area contributed by atoms with E-state index < -0.39 is 0 Å². The number of carbonyl (C=O) groups is 1. The van der Waals surface area contributed by atoms with Gasteiger partial charge in [-0.2, -0.15) is 0 Å². The van der Waals surface area contributed by atoms with Gasteiger partial charge in [-0.05, 0) is 75.6 Å². The summed E-state index contributed by atoms with van der Waals surface area (Å²) in [5.41, 5.74) is 6.65.